The summed E-state index contributed by atoms with van der Waals surface area (Å²) in [7, 11) is 0. The largest absolute Gasteiger partial charge is 0.480 e. The Morgan fingerprint density at radius 1 is 1.00 bits per heavy atom. The number of rotatable bonds is 2. The van der Waals surface area contributed by atoms with E-state index >= 15 is 0 Å². The molecule has 1 saturated heterocycles. The minimum Gasteiger partial charge on any atom is -0.480 e. The fourth-order valence-electron chi connectivity index (χ4n) is 3.15. The van der Waals surface area contributed by atoms with E-state index in [1.54, 1.807) is 0 Å². The maximum Gasteiger partial charge on any atom is 0.324 e. The van der Waals surface area contributed by atoms with E-state index < -0.39 is 11.5 Å². The lowest BCUT2D eigenvalue weighted by molar-refractivity contribution is -0.157. The molecule has 2 rings (SSSR count). The van der Waals surface area contributed by atoms with Crippen LogP contribution >= 0.6 is 0 Å². The van der Waals surface area contributed by atoms with Crippen LogP contribution < -0.4 is 0 Å². The zero-order valence-electron chi connectivity index (χ0n) is 10.5. The van der Waals surface area contributed by atoms with Crippen LogP contribution in [0.4, 0.5) is 0 Å². The highest BCUT2D eigenvalue weighted by Crippen LogP contribution is 2.32. The number of carbonyl (C=O) groups is 1. The maximum absolute atomic E-state index is 11.8. The molecular weight excluding hydrogens is 218 g/mol. The van der Waals surface area contributed by atoms with Crippen molar-refractivity contribution in [3.8, 4) is 0 Å². The molecule has 0 atom stereocenters. The molecule has 17 heavy (non-hydrogen) atoms. The topological polar surface area (TPSA) is 49.8 Å². The van der Waals surface area contributed by atoms with Gasteiger partial charge >= 0.3 is 5.97 Å². The molecule has 4 nitrogen and oxygen atoms in total. The average molecular weight is 241 g/mol. The van der Waals surface area contributed by atoms with E-state index in [0.29, 0.717) is 13.2 Å². The van der Waals surface area contributed by atoms with Crippen LogP contribution in [0, 0.1) is 0 Å². The molecule has 2 aliphatic rings. The summed E-state index contributed by atoms with van der Waals surface area (Å²) in [5.41, 5.74) is -0.607. The van der Waals surface area contributed by atoms with Crippen LogP contribution in [-0.2, 0) is 9.53 Å². The molecule has 1 aliphatic heterocycles. The molecule has 0 aromatic rings. The molecule has 1 heterocycles. The fourth-order valence-corrected chi connectivity index (χ4v) is 3.15. The van der Waals surface area contributed by atoms with E-state index in [2.05, 4.69) is 4.90 Å². The monoisotopic (exact) mass is 241 g/mol. The van der Waals surface area contributed by atoms with Gasteiger partial charge < -0.3 is 9.84 Å². The van der Waals surface area contributed by atoms with E-state index in [4.69, 9.17) is 4.74 Å². The van der Waals surface area contributed by atoms with Crippen LogP contribution in [0.2, 0.25) is 0 Å². The van der Waals surface area contributed by atoms with Gasteiger partial charge in [0.05, 0.1) is 13.2 Å². The number of aliphatic carboxylic acids is 1. The Hall–Kier alpha value is -0.610. The van der Waals surface area contributed by atoms with Gasteiger partial charge in [-0.15, -0.1) is 0 Å². The quantitative estimate of drug-likeness (QED) is 0.802. The second kappa shape index (κ2) is 5.83. The van der Waals surface area contributed by atoms with Gasteiger partial charge in [-0.25, -0.2) is 0 Å². The zero-order valence-corrected chi connectivity index (χ0v) is 10.5. The Labute approximate surface area is 103 Å². The van der Waals surface area contributed by atoms with Crippen LogP contribution in [0.1, 0.15) is 44.9 Å². The van der Waals surface area contributed by atoms with E-state index in [0.717, 1.165) is 38.8 Å². The fraction of sp³-hybridized carbons (Fsp3) is 0.923. The Morgan fingerprint density at radius 2 is 1.53 bits per heavy atom. The standard InChI is InChI=1S/C13H23NO3/c15-12(16)13(14-8-10-17-11-9-14)6-4-2-1-3-5-7-13/h1-11H2,(H,15,16). The van der Waals surface area contributed by atoms with E-state index in [1.807, 2.05) is 0 Å². The second-order valence-electron chi connectivity index (χ2n) is 5.20. The third kappa shape index (κ3) is 2.80. The normalized spacial score (nSPS) is 27.1. The molecular formula is C13H23NO3. The zero-order chi connectivity index (χ0) is 12.1. The second-order valence-corrected chi connectivity index (χ2v) is 5.20. The number of morpholine rings is 1. The van der Waals surface area contributed by atoms with Crippen LogP contribution in [0.5, 0.6) is 0 Å². The molecule has 0 bridgehead atoms. The first kappa shape index (κ1) is 12.8. The van der Waals surface area contributed by atoms with Gasteiger partial charge in [-0.2, -0.15) is 0 Å². The summed E-state index contributed by atoms with van der Waals surface area (Å²) in [6.45, 7) is 2.89. The number of ether oxygens (including phenoxy) is 1. The molecule has 1 aliphatic carbocycles. The number of hydrogen-bond acceptors (Lipinski definition) is 3. The molecule has 1 N–H and O–H groups in total. The highest BCUT2D eigenvalue weighted by atomic mass is 16.5. The predicted molar refractivity (Wildman–Crippen MR) is 65.1 cm³/mol. The predicted octanol–water partition coefficient (Wildman–Crippen LogP) is 1.89. The molecule has 1 saturated carbocycles. The third-order valence-electron chi connectivity index (χ3n) is 4.20. The first-order valence-electron chi connectivity index (χ1n) is 6.82. The molecule has 98 valence electrons. The number of carboxylic acid groups (broad SMARTS) is 1. The lowest BCUT2D eigenvalue weighted by Gasteiger charge is -2.43. The molecule has 0 amide bonds. The third-order valence-corrected chi connectivity index (χ3v) is 4.20. The molecule has 4 heteroatoms. The number of carboxylic acids is 1. The Morgan fingerprint density at radius 3 is 2.06 bits per heavy atom. The summed E-state index contributed by atoms with van der Waals surface area (Å²) in [4.78, 5) is 13.9. The summed E-state index contributed by atoms with van der Waals surface area (Å²) in [5.74, 6) is -0.624. The van der Waals surface area contributed by atoms with Gasteiger partial charge in [0.15, 0.2) is 0 Å². The summed E-state index contributed by atoms with van der Waals surface area (Å²) in [6, 6.07) is 0. The van der Waals surface area contributed by atoms with Crippen LogP contribution in [0.15, 0.2) is 0 Å². The summed E-state index contributed by atoms with van der Waals surface area (Å²) in [6.07, 6.45) is 7.33. The van der Waals surface area contributed by atoms with Crippen molar-refractivity contribution in [2.45, 2.75) is 50.5 Å². The number of hydrogen-bond donors (Lipinski definition) is 1. The van der Waals surface area contributed by atoms with Gasteiger partial charge in [-0.05, 0) is 12.8 Å². The molecule has 0 radical (unpaired) electrons. The van der Waals surface area contributed by atoms with Gasteiger partial charge in [0.25, 0.3) is 0 Å². The first-order valence-corrected chi connectivity index (χ1v) is 6.82. The van der Waals surface area contributed by atoms with Crippen molar-refractivity contribution >= 4 is 5.97 Å². The van der Waals surface area contributed by atoms with Gasteiger partial charge in [0.2, 0.25) is 0 Å². The highest BCUT2D eigenvalue weighted by Gasteiger charge is 2.43. The van der Waals surface area contributed by atoms with Gasteiger partial charge in [0, 0.05) is 13.1 Å². The van der Waals surface area contributed by atoms with Crippen molar-refractivity contribution in [2.24, 2.45) is 0 Å². The van der Waals surface area contributed by atoms with Crippen molar-refractivity contribution < 1.29 is 14.6 Å². The lowest BCUT2D eigenvalue weighted by Crippen LogP contribution is -2.58. The highest BCUT2D eigenvalue weighted by molar-refractivity contribution is 5.78. The number of nitrogens with zero attached hydrogens (tertiary/aromatic N) is 1. The van der Waals surface area contributed by atoms with Gasteiger partial charge in [0.1, 0.15) is 5.54 Å². The smallest absolute Gasteiger partial charge is 0.324 e. The van der Waals surface area contributed by atoms with Crippen LogP contribution in [-0.4, -0.2) is 47.8 Å². The van der Waals surface area contributed by atoms with Crippen LogP contribution in [0.3, 0.4) is 0 Å². The minimum absolute atomic E-state index is 0.607. The van der Waals surface area contributed by atoms with E-state index in [1.165, 1.54) is 19.3 Å². The van der Waals surface area contributed by atoms with Crippen molar-refractivity contribution in [1.82, 2.24) is 4.90 Å². The summed E-state index contributed by atoms with van der Waals surface area (Å²) < 4.78 is 5.34. The molecule has 0 aromatic carbocycles. The molecule has 0 aromatic heterocycles. The Bertz CT molecular complexity index is 253. The molecule has 0 unspecified atom stereocenters. The van der Waals surface area contributed by atoms with Gasteiger partial charge in [-0.3, -0.25) is 9.69 Å². The average Bonchev–Trinajstić information content (AvgIpc) is 2.30. The van der Waals surface area contributed by atoms with Gasteiger partial charge in [-0.1, -0.05) is 32.1 Å². The van der Waals surface area contributed by atoms with E-state index in [-0.39, 0.29) is 0 Å². The SMILES string of the molecule is O=C(O)C1(N2CCOCC2)CCCCCCC1. The Kier molecular flexibility index (Phi) is 4.40. The summed E-state index contributed by atoms with van der Waals surface area (Å²) in [5, 5.41) is 9.68. The molecule has 0 spiro atoms. The van der Waals surface area contributed by atoms with Crippen molar-refractivity contribution in [3.63, 3.8) is 0 Å². The summed E-state index contributed by atoms with van der Waals surface area (Å²) >= 11 is 0. The molecule has 2 fully saturated rings. The van der Waals surface area contributed by atoms with Crippen molar-refractivity contribution in [2.75, 3.05) is 26.3 Å². The van der Waals surface area contributed by atoms with Crippen LogP contribution in [0.25, 0.3) is 0 Å². The minimum atomic E-state index is -0.624. The Balaban J connectivity index is 2.12. The maximum atomic E-state index is 11.8. The van der Waals surface area contributed by atoms with Crippen molar-refractivity contribution in [1.29, 1.82) is 0 Å². The van der Waals surface area contributed by atoms with E-state index in [9.17, 15) is 9.90 Å². The lowest BCUT2D eigenvalue weighted by atomic mass is 9.82. The first-order chi connectivity index (χ1) is 8.26. The van der Waals surface area contributed by atoms with Crippen molar-refractivity contribution in [3.05, 3.63) is 0 Å².